The lowest BCUT2D eigenvalue weighted by Crippen LogP contribution is -2.44. The lowest BCUT2D eigenvalue weighted by molar-refractivity contribution is 0.119. The predicted octanol–water partition coefficient (Wildman–Crippen LogP) is 2.97. The van der Waals surface area contributed by atoms with Crippen LogP contribution >= 0.6 is 23.7 Å². The first kappa shape index (κ1) is 16.4. The Labute approximate surface area is 133 Å². The molecule has 116 valence electrons. The van der Waals surface area contributed by atoms with Crippen LogP contribution in [0.25, 0.3) is 10.8 Å². The average Bonchev–Trinajstić information content (AvgIpc) is 3.01. The van der Waals surface area contributed by atoms with E-state index in [0.717, 1.165) is 34.8 Å². The molecule has 2 N–H and O–H groups in total. The maximum atomic E-state index is 6.21. The zero-order valence-corrected chi connectivity index (χ0v) is 13.9. The van der Waals surface area contributed by atoms with Crippen LogP contribution in [0.15, 0.2) is 4.52 Å². The molecule has 0 spiro atoms. The van der Waals surface area contributed by atoms with E-state index >= 15 is 0 Å². The van der Waals surface area contributed by atoms with Gasteiger partial charge in [0.2, 0.25) is 0 Å². The van der Waals surface area contributed by atoms with Crippen LogP contribution in [0.3, 0.4) is 0 Å². The first-order valence-corrected chi connectivity index (χ1v) is 7.49. The first-order valence-electron chi connectivity index (χ1n) is 6.67. The molecular formula is C13H19ClN4O2S. The van der Waals surface area contributed by atoms with Crippen LogP contribution in [0.5, 0.6) is 0 Å². The molecule has 2 aromatic heterocycles. The Morgan fingerprint density at radius 2 is 2.10 bits per heavy atom. The van der Waals surface area contributed by atoms with Crippen molar-refractivity contribution in [2.45, 2.75) is 44.8 Å². The summed E-state index contributed by atoms with van der Waals surface area (Å²) in [5, 5.41) is 4.95. The van der Waals surface area contributed by atoms with Crippen molar-refractivity contribution in [3.05, 3.63) is 16.5 Å². The molecular weight excluding hydrogens is 312 g/mol. The Kier molecular flexibility index (Phi) is 4.67. The summed E-state index contributed by atoms with van der Waals surface area (Å²) in [4.78, 5) is 9.85. The van der Waals surface area contributed by atoms with Crippen molar-refractivity contribution in [2.75, 3.05) is 7.11 Å². The van der Waals surface area contributed by atoms with Crippen molar-refractivity contribution < 1.29 is 9.26 Å². The summed E-state index contributed by atoms with van der Waals surface area (Å²) in [6.45, 7) is 3.90. The topological polar surface area (TPSA) is 87.1 Å². The summed E-state index contributed by atoms with van der Waals surface area (Å²) in [6.07, 6.45) is 2.91. The van der Waals surface area contributed by atoms with E-state index in [0.29, 0.717) is 11.7 Å². The quantitative estimate of drug-likeness (QED) is 0.927. The second-order valence-corrected chi connectivity index (χ2v) is 6.31. The van der Waals surface area contributed by atoms with Gasteiger partial charge in [0.15, 0.2) is 5.82 Å². The third-order valence-electron chi connectivity index (χ3n) is 3.83. The molecule has 0 radical (unpaired) electrons. The minimum atomic E-state index is -0.400. The molecule has 2 heterocycles. The highest BCUT2D eigenvalue weighted by molar-refractivity contribution is 7.15. The molecule has 1 saturated carbocycles. The molecule has 6 nitrogen and oxygen atoms in total. The van der Waals surface area contributed by atoms with Crippen LogP contribution in [-0.2, 0) is 10.3 Å². The van der Waals surface area contributed by atoms with Gasteiger partial charge in [-0.15, -0.1) is 23.7 Å². The van der Waals surface area contributed by atoms with Gasteiger partial charge in [0.25, 0.3) is 5.89 Å². The summed E-state index contributed by atoms with van der Waals surface area (Å²) in [5.41, 5.74) is 6.69. The van der Waals surface area contributed by atoms with Crippen molar-refractivity contribution in [1.82, 2.24) is 15.1 Å². The minimum Gasteiger partial charge on any atom is -0.375 e. The second-order valence-electron chi connectivity index (χ2n) is 5.28. The third-order valence-corrected chi connectivity index (χ3v) is 5.13. The Bertz CT molecular complexity index is 623. The van der Waals surface area contributed by atoms with Crippen molar-refractivity contribution in [3.63, 3.8) is 0 Å². The number of nitrogens with zero attached hydrogens (tertiary/aromatic N) is 3. The Morgan fingerprint density at radius 3 is 2.67 bits per heavy atom. The molecule has 1 atom stereocenters. The van der Waals surface area contributed by atoms with E-state index in [9.17, 15) is 0 Å². The Balaban J connectivity index is 0.00000161. The van der Waals surface area contributed by atoms with Crippen LogP contribution in [0.4, 0.5) is 0 Å². The van der Waals surface area contributed by atoms with Crippen LogP contribution in [0.1, 0.15) is 48.8 Å². The van der Waals surface area contributed by atoms with E-state index in [2.05, 4.69) is 15.1 Å². The van der Waals surface area contributed by atoms with Crippen LogP contribution in [0, 0.1) is 6.92 Å². The maximum Gasteiger partial charge on any atom is 0.269 e. The van der Waals surface area contributed by atoms with Crippen molar-refractivity contribution in [1.29, 1.82) is 0 Å². The number of thiazole rings is 1. The lowest BCUT2D eigenvalue weighted by atomic mass is 9.77. The van der Waals surface area contributed by atoms with Gasteiger partial charge in [0, 0.05) is 7.11 Å². The number of halogens is 1. The van der Waals surface area contributed by atoms with E-state index in [1.807, 2.05) is 13.8 Å². The van der Waals surface area contributed by atoms with E-state index in [-0.39, 0.29) is 18.5 Å². The largest absolute Gasteiger partial charge is 0.375 e. The number of hydrogen-bond acceptors (Lipinski definition) is 7. The number of nitrogens with two attached hydrogens (primary N) is 1. The highest BCUT2D eigenvalue weighted by Gasteiger charge is 2.39. The standard InChI is InChI=1S/C13H18N4O2S.ClH/c1-7-9(20-11(15-7)8(2)18-3)10-16-12(17-19-10)13(14)5-4-6-13;/h8H,4-6,14H2,1-3H3;1H. The molecule has 1 fully saturated rings. The Morgan fingerprint density at radius 1 is 1.38 bits per heavy atom. The molecule has 0 bridgehead atoms. The fourth-order valence-corrected chi connectivity index (χ4v) is 3.21. The third kappa shape index (κ3) is 2.83. The molecule has 0 amide bonds. The SMILES string of the molecule is COC(C)c1nc(C)c(-c2nc(C3(N)CCC3)no2)s1.Cl. The highest BCUT2D eigenvalue weighted by atomic mass is 35.5. The van der Waals surface area contributed by atoms with Crippen LogP contribution < -0.4 is 5.73 Å². The van der Waals surface area contributed by atoms with Gasteiger partial charge < -0.3 is 15.0 Å². The first-order chi connectivity index (χ1) is 9.53. The van der Waals surface area contributed by atoms with E-state index in [4.69, 9.17) is 15.0 Å². The van der Waals surface area contributed by atoms with E-state index < -0.39 is 5.54 Å². The van der Waals surface area contributed by atoms with E-state index in [1.165, 1.54) is 11.3 Å². The number of aromatic nitrogens is 3. The number of aryl methyl sites for hydroxylation is 1. The molecule has 1 unspecified atom stereocenters. The maximum absolute atomic E-state index is 6.21. The summed E-state index contributed by atoms with van der Waals surface area (Å²) < 4.78 is 10.7. The molecule has 3 rings (SSSR count). The molecule has 0 aromatic carbocycles. The lowest BCUT2D eigenvalue weighted by Gasteiger charge is -2.34. The fraction of sp³-hybridized carbons (Fsp3) is 0.615. The van der Waals surface area contributed by atoms with Gasteiger partial charge in [-0.05, 0) is 33.1 Å². The smallest absolute Gasteiger partial charge is 0.269 e. The summed E-state index contributed by atoms with van der Waals surface area (Å²) in [5.74, 6) is 1.11. The minimum absolute atomic E-state index is 0. The Hall–Kier alpha value is -1.02. The normalized spacial score (nSPS) is 17.9. The predicted molar refractivity (Wildman–Crippen MR) is 82.5 cm³/mol. The van der Waals surface area contributed by atoms with Gasteiger partial charge in [-0.3, -0.25) is 0 Å². The molecule has 1 aliphatic carbocycles. The van der Waals surface area contributed by atoms with Gasteiger partial charge in [0.05, 0.1) is 11.2 Å². The van der Waals surface area contributed by atoms with Gasteiger partial charge in [-0.1, -0.05) is 5.16 Å². The van der Waals surface area contributed by atoms with Gasteiger partial charge >= 0.3 is 0 Å². The second kappa shape index (κ2) is 6.00. The van der Waals surface area contributed by atoms with Crippen molar-refractivity contribution in [2.24, 2.45) is 5.73 Å². The summed E-state index contributed by atoms with van der Waals surface area (Å²) in [7, 11) is 1.67. The molecule has 1 aliphatic rings. The molecule has 8 heteroatoms. The zero-order valence-electron chi connectivity index (χ0n) is 12.3. The molecule has 21 heavy (non-hydrogen) atoms. The number of methoxy groups -OCH3 is 1. The van der Waals surface area contributed by atoms with Gasteiger partial charge in [0.1, 0.15) is 16.0 Å². The van der Waals surface area contributed by atoms with Crippen molar-refractivity contribution in [3.8, 4) is 10.8 Å². The summed E-state index contributed by atoms with van der Waals surface area (Å²) >= 11 is 1.52. The molecule has 0 aliphatic heterocycles. The van der Waals surface area contributed by atoms with Crippen LogP contribution in [0.2, 0.25) is 0 Å². The average molecular weight is 331 g/mol. The molecule has 0 saturated heterocycles. The summed E-state index contributed by atoms with van der Waals surface area (Å²) in [6, 6.07) is 0. The monoisotopic (exact) mass is 330 g/mol. The van der Waals surface area contributed by atoms with Gasteiger partial charge in [-0.2, -0.15) is 4.98 Å². The van der Waals surface area contributed by atoms with Crippen LogP contribution in [-0.4, -0.2) is 22.2 Å². The number of rotatable bonds is 4. The highest BCUT2D eigenvalue weighted by Crippen LogP contribution is 2.39. The van der Waals surface area contributed by atoms with Crippen molar-refractivity contribution >= 4 is 23.7 Å². The number of ether oxygens (including phenoxy) is 1. The molecule has 2 aromatic rings. The zero-order chi connectivity index (χ0) is 14.3. The van der Waals surface area contributed by atoms with E-state index in [1.54, 1.807) is 7.11 Å². The fourth-order valence-electron chi connectivity index (χ4n) is 2.19. The number of hydrogen-bond donors (Lipinski definition) is 1. The van der Waals surface area contributed by atoms with Gasteiger partial charge in [-0.25, -0.2) is 4.98 Å².